The third-order valence-corrected chi connectivity index (χ3v) is 3.09. The van der Waals surface area contributed by atoms with E-state index >= 15 is 0 Å². The van der Waals surface area contributed by atoms with E-state index in [2.05, 4.69) is 19.9 Å². The van der Waals surface area contributed by atoms with Gasteiger partial charge in [-0.25, -0.2) is 4.98 Å². The highest BCUT2D eigenvalue weighted by atomic mass is 16.3. The Morgan fingerprint density at radius 3 is 3.25 bits per heavy atom. The molecule has 0 aromatic carbocycles. The zero-order valence-corrected chi connectivity index (χ0v) is 8.93. The minimum absolute atomic E-state index is 0.259. The van der Waals surface area contributed by atoms with E-state index in [0.29, 0.717) is 5.92 Å². The van der Waals surface area contributed by atoms with E-state index in [1.807, 2.05) is 12.1 Å². The molecule has 0 amide bonds. The Morgan fingerprint density at radius 2 is 2.50 bits per heavy atom. The van der Waals surface area contributed by atoms with Crippen LogP contribution in [-0.2, 0) is 0 Å². The third-order valence-electron chi connectivity index (χ3n) is 3.09. The van der Waals surface area contributed by atoms with Gasteiger partial charge in [0, 0.05) is 31.8 Å². The first kappa shape index (κ1) is 9.59. The molecular formula is C11H14N4O. The Labute approximate surface area is 93.1 Å². The summed E-state index contributed by atoms with van der Waals surface area (Å²) < 4.78 is 0. The molecule has 0 saturated carbocycles. The maximum Gasteiger partial charge on any atom is 0.205 e. The van der Waals surface area contributed by atoms with E-state index in [9.17, 15) is 0 Å². The van der Waals surface area contributed by atoms with Crippen molar-refractivity contribution in [3.05, 3.63) is 18.3 Å². The van der Waals surface area contributed by atoms with E-state index in [1.54, 1.807) is 6.20 Å². The number of hydrogen-bond donors (Lipinski definition) is 2. The molecule has 1 atom stereocenters. The molecule has 3 rings (SSSR count). The number of nitrogens with one attached hydrogen (secondary N) is 1. The van der Waals surface area contributed by atoms with Gasteiger partial charge in [-0.1, -0.05) is 0 Å². The van der Waals surface area contributed by atoms with Crippen molar-refractivity contribution in [3.8, 4) is 0 Å². The van der Waals surface area contributed by atoms with Crippen molar-refractivity contribution in [2.45, 2.75) is 6.42 Å². The van der Waals surface area contributed by atoms with Gasteiger partial charge in [0.25, 0.3) is 0 Å². The summed E-state index contributed by atoms with van der Waals surface area (Å²) in [5, 5.41) is 9.10. The first-order valence-electron chi connectivity index (χ1n) is 5.53. The van der Waals surface area contributed by atoms with Crippen LogP contribution in [0.5, 0.6) is 0 Å². The molecule has 2 aromatic rings. The Balaban J connectivity index is 1.89. The summed E-state index contributed by atoms with van der Waals surface area (Å²) in [5.41, 5.74) is 1.72. The van der Waals surface area contributed by atoms with Crippen molar-refractivity contribution < 1.29 is 5.11 Å². The highest BCUT2D eigenvalue weighted by molar-refractivity contribution is 5.73. The van der Waals surface area contributed by atoms with Crippen molar-refractivity contribution in [1.29, 1.82) is 0 Å². The molecule has 0 radical (unpaired) electrons. The first-order chi connectivity index (χ1) is 7.86. The minimum atomic E-state index is 0.259. The van der Waals surface area contributed by atoms with Crippen LogP contribution < -0.4 is 4.90 Å². The summed E-state index contributed by atoms with van der Waals surface area (Å²) in [6.45, 7) is 2.08. The van der Waals surface area contributed by atoms with E-state index in [-0.39, 0.29) is 6.61 Å². The molecule has 84 valence electrons. The second-order valence-electron chi connectivity index (χ2n) is 4.22. The SMILES string of the molecule is OC[C@@H]1CCN(c2nc3ncccc3[nH]2)C1. The standard InChI is InChI=1S/C11H14N4O/c16-7-8-3-5-15(6-8)11-13-9-2-1-4-12-10(9)14-11/h1-2,4,8,16H,3,5-7H2,(H,12,13,14)/t8-/m1/s1. The number of nitrogens with zero attached hydrogens (tertiary/aromatic N) is 3. The number of pyridine rings is 1. The zero-order chi connectivity index (χ0) is 11.0. The highest BCUT2D eigenvalue weighted by Crippen LogP contribution is 2.22. The second-order valence-corrected chi connectivity index (χ2v) is 4.22. The highest BCUT2D eigenvalue weighted by Gasteiger charge is 2.23. The number of imidazole rings is 1. The third kappa shape index (κ3) is 1.53. The number of rotatable bonds is 2. The zero-order valence-electron chi connectivity index (χ0n) is 8.93. The fraction of sp³-hybridized carbons (Fsp3) is 0.455. The lowest BCUT2D eigenvalue weighted by Crippen LogP contribution is -2.21. The number of anilines is 1. The summed E-state index contributed by atoms with van der Waals surface area (Å²) >= 11 is 0. The molecule has 2 N–H and O–H groups in total. The van der Waals surface area contributed by atoms with E-state index < -0.39 is 0 Å². The Kier molecular flexibility index (Phi) is 2.25. The molecule has 0 aliphatic carbocycles. The van der Waals surface area contributed by atoms with Crippen LogP contribution in [-0.4, -0.2) is 39.8 Å². The topological polar surface area (TPSA) is 65.0 Å². The molecule has 5 heteroatoms. The summed E-state index contributed by atoms with van der Waals surface area (Å²) in [7, 11) is 0. The van der Waals surface area contributed by atoms with Gasteiger partial charge in [-0.3, -0.25) is 0 Å². The van der Waals surface area contributed by atoms with Gasteiger partial charge in [0.15, 0.2) is 5.65 Å². The van der Waals surface area contributed by atoms with Crippen LogP contribution in [0.15, 0.2) is 18.3 Å². The molecule has 1 aliphatic rings. The van der Waals surface area contributed by atoms with Gasteiger partial charge in [-0.05, 0) is 18.6 Å². The maximum absolute atomic E-state index is 9.10. The van der Waals surface area contributed by atoms with E-state index in [0.717, 1.165) is 36.6 Å². The van der Waals surface area contributed by atoms with Gasteiger partial charge in [0.05, 0.1) is 5.52 Å². The summed E-state index contributed by atoms with van der Waals surface area (Å²) in [6, 6.07) is 3.86. The van der Waals surface area contributed by atoms with Crippen LogP contribution in [0, 0.1) is 5.92 Å². The van der Waals surface area contributed by atoms with Crippen LogP contribution in [0.25, 0.3) is 11.2 Å². The van der Waals surface area contributed by atoms with Crippen molar-refractivity contribution >= 4 is 17.1 Å². The first-order valence-corrected chi connectivity index (χ1v) is 5.53. The van der Waals surface area contributed by atoms with Gasteiger partial charge < -0.3 is 15.0 Å². The number of aliphatic hydroxyl groups excluding tert-OH is 1. The second kappa shape index (κ2) is 3.75. The van der Waals surface area contributed by atoms with E-state index in [4.69, 9.17) is 5.11 Å². The predicted octanol–water partition coefficient (Wildman–Crippen LogP) is 0.776. The van der Waals surface area contributed by atoms with Crippen LogP contribution in [0.4, 0.5) is 5.95 Å². The quantitative estimate of drug-likeness (QED) is 0.781. The molecular weight excluding hydrogens is 204 g/mol. The monoisotopic (exact) mass is 218 g/mol. The molecule has 3 heterocycles. The van der Waals surface area contributed by atoms with Gasteiger partial charge in [0.1, 0.15) is 0 Å². The average Bonchev–Trinajstić information content (AvgIpc) is 2.95. The predicted molar refractivity (Wildman–Crippen MR) is 61.3 cm³/mol. The Bertz CT molecular complexity index is 462. The maximum atomic E-state index is 9.10. The minimum Gasteiger partial charge on any atom is -0.396 e. The van der Waals surface area contributed by atoms with Gasteiger partial charge >= 0.3 is 0 Å². The molecule has 1 fully saturated rings. The molecule has 0 unspecified atom stereocenters. The van der Waals surface area contributed by atoms with Crippen molar-refractivity contribution in [1.82, 2.24) is 15.0 Å². The summed E-state index contributed by atoms with van der Waals surface area (Å²) in [6.07, 6.45) is 2.77. The number of aromatic nitrogens is 3. The molecule has 5 nitrogen and oxygen atoms in total. The fourth-order valence-corrected chi connectivity index (χ4v) is 2.16. The average molecular weight is 218 g/mol. The van der Waals surface area contributed by atoms with Crippen molar-refractivity contribution in [2.75, 3.05) is 24.6 Å². The fourth-order valence-electron chi connectivity index (χ4n) is 2.16. The van der Waals surface area contributed by atoms with Gasteiger partial charge in [-0.2, -0.15) is 4.98 Å². The number of hydrogen-bond acceptors (Lipinski definition) is 4. The van der Waals surface area contributed by atoms with Gasteiger partial charge in [0.2, 0.25) is 5.95 Å². The van der Waals surface area contributed by atoms with Crippen LogP contribution in [0.1, 0.15) is 6.42 Å². The van der Waals surface area contributed by atoms with Gasteiger partial charge in [-0.15, -0.1) is 0 Å². The molecule has 0 bridgehead atoms. The van der Waals surface area contributed by atoms with Crippen LogP contribution in [0.3, 0.4) is 0 Å². The van der Waals surface area contributed by atoms with E-state index in [1.165, 1.54) is 0 Å². The number of fused-ring (bicyclic) bond motifs is 1. The number of aromatic amines is 1. The molecule has 1 aliphatic heterocycles. The van der Waals surface area contributed by atoms with Crippen LogP contribution >= 0.6 is 0 Å². The number of aliphatic hydroxyl groups is 1. The van der Waals surface area contributed by atoms with Crippen molar-refractivity contribution in [2.24, 2.45) is 5.92 Å². The molecule has 0 spiro atoms. The largest absolute Gasteiger partial charge is 0.396 e. The summed E-state index contributed by atoms with van der Waals surface area (Å²) in [4.78, 5) is 14.1. The summed E-state index contributed by atoms with van der Waals surface area (Å²) in [5.74, 6) is 1.24. The lowest BCUT2D eigenvalue weighted by Gasteiger charge is -2.13. The normalized spacial score (nSPS) is 20.8. The smallest absolute Gasteiger partial charge is 0.205 e. The lowest BCUT2D eigenvalue weighted by atomic mass is 10.1. The Morgan fingerprint density at radius 1 is 1.56 bits per heavy atom. The van der Waals surface area contributed by atoms with Crippen LogP contribution in [0.2, 0.25) is 0 Å². The molecule has 2 aromatic heterocycles. The Hall–Kier alpha value is -1.62. The van der Waals surface area contributed by atoms with Crippen molar-refractivity contribution in [3.63, 3.8) is 0 Å². The molecule has 16 heavy (non-hydrogen) atoms. The number of H-pyrrole nitrogens is 1. The lowest BCUT2D eigenvalue weighted by molar-refractivity contribution is 0.238. The molecule has 1 saturated heterocycles.